The monoisotopic (exact) mass is 217 g/mol. The van der Waals surface area contributed by atoms with Gasteiger partial charge in [-0.1, -0.05) is 23.2 Å². The molecule has 0 fully saturated rings. The molecule has 0 aromatic heterocycles. The van der Waals surface area contributed by atoms with Gasteiger partial charge >= 0.3 is 0 Å². The van der Waals surface area contributed by atoms with E-state index in [-0.39, 0.29) is 12.5 Å². The molecule has 1 aromatic carbocycles. The summed E-state index contributed by atoms with van der Waals surface area (Å²) >= 11 is 11.5. The highest BCUT2D eigenvalue weighted by Gasteiger charge is 2.17. The molecule has 1 aliphatic rings. The molecule has 1 aliphatic heterocycles. The van der Waals surface area contributed by atoms with Gasteiger partial charge in [-0.15, -0.1) is 0 Å². The number of ether oxygens (including phenoxy) is 1. The van der Waals surface area contributed by atoms with Crippen molar-refractivity contribution in [2.45, 2.75) is 0 Å². The third kappa shape index (κ3) is 1.57. The molecule has 5 heteroatoms. The molecule has 1 aromatic rings. The van der Waals surface area contributed by atoms with Gasteiger partial charge in [0.2, 0.25) is 0 Å². The Morgan fingerprint density at radius 1 is 1.31 bits per heavy atom. The van der Waals surface area contributed by atoms with Crippen LogP contribution >= 0.6 is 23.2 Å². The number of nitrogens with one attached hydrogen (secondary N) is 1. The van der Waals surface area contributed by atoms with Crippen molar-refractivity contribution >= 4 is 34.8 Å². The van der Waals surface area contributed by atoms with Crippen LogP contribution < -0.4 is 10.1 Å². The van der Waals surface area contributed by atoms with Gasteiger partial charge in [-0.3, -0.25) is 4.79 Å². The first-order valence-corrected chi connectivity index (χ1v) is 4.34. The molecule has 68 valence electrons. The summed E-state index contributed by atoms with van der Waals surface area (Å²) in [5.74, 6) is 0.361. The number of fused-ring (bicyclic) bond motifs is 1. The van der Waals surface area contributed by atoms with Gasteiger partial charge in [0.15, 0.2) is 6.61 Å². The van der Waals surface area contributed by atoms with Gasteiger partial charge < -0.3 is 10.1 Å². The highest BCUT2D eigenvalue weighted by Crippen LogP contribution is 2.35. The van der Waals surface area contributed by atoms with Crippen LogP contribution in [0.25, 0.3) is 0 Å². The first-order valence-electron chi connectivity index (χ1n) is 3.58. The lowest BCUT2D eigenvalue weighted by atomic mass is 10.2. The molecule has 1 amide bonds. The molecular weight excluding hydrogens is 213 g/mol. The van der Waals surface area contributed by atoms with Crippen LogP contribution in [0.3, 0.4) is 0 Å². The standard InChI is InChI=1S/C8H5Cl2NO2/c9-4-1-6-7(2-5(4)10)13-3-8(12)11-6/h1-2H,3H2,(H,11,12). The van der Waals surface area contributed by atoms with Gasteiger partial charge in [-0.25, -0.2) is 0 Å². The van der Waals surface area contributed by atoms with E-state index in [1.54, 1.807) is 12.1 Å². The van der Waals surface area contributed by atoms with E-state index in [4.69, 9.17) is 27.9 Å². The number of hydrogen-bond acceptors (Lipinski definition) is 2. The fraction of sp³-hybridized carbons (Fsp3) is 0.125. The van der Waals surface area contributed by atoms with Crippen molar-refractivity contribution in [1.29, 1.82) is 0 Å². The molecule has 1 N–H and O–H groups in total. The largest absolute Gasteiger partial charge is 0.482 e. The van der Waals surface area contributed by atoms with E-state index >= 15 is 0 Å². The number of benzene rings is 1. The molecule has 0 saturated carbocycles. The summed E-state index contributed by atoms with van der Waals surface area (Å²) < 4.78 is 5.12. The number of anilines is 1. The molecule has 0 saturated heterocycles. The minimum Gasteiger partial charge on any atom is -0.482 e. The van der Waals surface area contributed by atoms with Gasteiger partial charge in [0.05, 0.1) is 15.7 Å². The normalized spacial score (nSPS) is 14.5. The van der Waals surface area contributed by atoms with Crippen molar-refractivity contribution in [2.24, 2.45) is 0 Å². The van der Waals surface area contributed by atoms with Crippen molar-refractivity contribution in [1.82, 2.24) is 0 Å². The number of carbonyl (C=O) groups is 1. The van der Waals surface area contributed by atoms with Crippen molar-refractivity contribution in [3.05, 3.63) is 22.2 Å². The van der Waals surface area contributed by atoms with Crippen molar-refractivity contribution in [3.63, 3.8) is 0 Å². The number of amides is 1. The summed E-state index contributed by atoms with van der Waals surface area (Å²) in [6.07, 6.45) is 0. The third-order valence-electron chi connectivity index (χ3n) is 1.66. The zero-order valence-electron chi connectivity index (χ0n) is 6.43. The predicted molar refractivity (Wildman–Crippen MR) is 50.6 cm³/mol. The minimum absolute atomic E-state index is 0.0188. The van der Waals surface area contributed by atoms with Gasteiger partial charge in [0, 0.05) is 6.07 Å². The summed E-state index contributed by atoms with van der Waals surface area (Å²) in [6, 6.07) is 3.15. The van der Waals surface area contributed by atoms with E-state index in [1.165, 1.54) is 0 Å². The van der Waals surface area contributed by atoms with Crippen LogP contribution in [0, 0.1) is 0 Å². The summed E-state index contributed by atoms with van der Waals surface area (Å²) in [5, 5.41) is 3.43. The molecule has 0 atom stereocenters. The van der Waals surface area contributed by atoms with Gasteiger partial charge in [-0.05, 0) is 6.07 Å². The number of carbonyl (C=O) groups excluding carboxylic acids is 1. The maximum atomic E-state index is 10.9. The van der Waals surface area contributed by atoms with Crippen molar-refractivity contribution in [2.75, 3.05) is 11.9 Å². The molecule has 0 radical (unpaired) electrons. The Hall–Kier alpha value is -0.930. The van der Waals surface area contributed by atoms with E-state index < -0.39 is 0 Å². The SMILES string of the molecule is O=C1COc2cc(Cl)c(Cl)cc2N1. The molecule has 0 unspecified atom stereocenters. The molecule has 2 rings (SSSR count). The summed E-state index contributed by atoms with van der Waals surface area (Å²) in [4.78, 5) is 10.9. The van der Waals surface area contributed by atoms with Gasteiger partial charge in [0.1, 0.15) is 5.75 Å². The van der Waals surface area contributed by atoms with E-state index in [0.717, 1.165) is 0 Å². The smallest absolute Gasteiger partial charge is 0.262 e. The number of hydrogen-bond donors (Lipinski definition) is 1. The predicted octanol–water partition coefficient (Wildman–Crippen LogP) is 2.32. The van der Waals surface area contributed by atoms with Crippen molar-refractivity contribution in [3.8, 4) is 5.75 Å². The van der Waals surface area contributed by atoms with Gasteiger partial charge in [-0.2, -0.15) is 0 Å². The molecule has 13 heavy (non-hydrogen) atoms. The van der Waals surface area contributed by atoms with Gasteiger partial charge in [0.25, 0.3) is 5.91 Å². The molecular formula is C8H5Cl2NO2. The summed E-state index contributed by atoms with van der Waals surface area (Å²) in [7, 11) is 0. The number of halogens is 2. The van der Waals surface area contributed by atoms with Crippen LogP contribution in [0.5, 0.6) is 5.75 Å². The second-order valence-corrected chi connectivity index (χ2v) is 3.41. The van der Waals surface area contributed by atoms with E-state index in [9.17, 15) is 4.79 Å². The fourth-order valence-electron chi connectivity index (χ4n) is 1.08. The topological polar surface area (TPSA) is 38.3 Å². The Kier molecular flexibility index (Phi) is 2.06. The molecule has 0 aliphatic carbocycles. The molecule has 1 heterocycles. The second kappa shape index (κ2) is 3.09. The lowest BCUT2D eigenvalue weighted by molar-refractivity contribution is -0.118. The van der Waals surface area contributed by atoms with Crippen LogP contribution in [0.4, 0.5) is 5.69 Å². The maximum absolute atomic E-state index is 10.9. The molecule has 3 nitrogen and oxygen atoms in total. The Morgan fingerprint density at radius 2 is 2.00 bits per heavy atom. The average Bonchev–Trinajstić information content (AvgIpc) is 2.08. The average molecular weight is 218 g/mol. The van der Waals surface area contributed by atoms with E-state index in [1.807, 2.05) is 0 Å². The Morgan fingerprint density at radius 3 is 2.77 bits per heavy atom. The zero-order valence-corrected chi connectivity index (χ0v) is 7.95. The molecule has 0 bridgehead atoms. The summed E-state index contributed by atoms with van der Waals surface area (Å²) in [5.41, 5.74) is 0.561. The third-order valence-corrected chi connectivity index (χ3v) is 2.38. The fourth-order valence-corrected chi connectivity index (χ4v) is 1.39. The lowest BCUT2D eigenvalue weighted by Gasteiger charge is -2.18. The maximum Gasteiger partial charge on any atom is 0.262 e. The number of rotatable bonds is 0. The van der Waals surface area contributed by atoms with Crippen LogP contribution in [0.15, 0.2) is 12.1 Å². The van der Waals surface area contributed by atoms with Crippen LogP contribution in [-0.2, 0) is 4.79 Å². The highest BCUT2D eigenvalue weighted by atomic mass is 35.5. The second-order valence-electron chi connectivity index (χ2n) is 2.60. The quantitative estimate of drug-likeness (QED) is 0.725. The van der Waals surface area contributed by atoms with Crippen molar-refractivity contribution < 1.29 is 9.53 Å². The van der Waals surface area contributed by atoms with Crippen LogP contribution in [0.1, 0.15) is 0 Å². The minimum atomic E-state index is -0.189. The molecule has 0 spiro atoms. The van der Waals surface area contributed by atoms with E-state index in [0.29, 0.717) is 21.5 Å². The zero-order chi connectivity index (χ0) is 9.42. The Labute approximate surface area is 84.6 Å². The lowest BCUT2D eigenvalue weighted by Crippen LogP contribution is -2.25. The first kappa shape index (κ1) is 8.66. The highest BCUT2D eigenvalue weighted by molar-refractivity contribution is 6.42. The van der Waals surface area contributed by atoms with Crippen LogP contribution in [0.2, 0.25) is 10.0 Å². The van der Waals surface area contributed by atoms with Crippen LogP contribution in [-0.4, -0.2) is 12.5 Å². The summed E-state index contributed by atoms with van der Waals surface area (Å²) in [6.45, 7) is 0.0188. The Bertz CT molecular complexity index is 379. The van der Waals surface area contributed by atoms with E-state index in [2.05, 4.69) is 5.32 Å². The Balaban J connectivity index is 2.49. The first-order chi connectivity index (χ1) is 6.16.